The highest BCUT2D eigenvalue weighted by molar-refractivity contribution is 5.73. The van der Waals surface area contributed by atoms with Crippen LogP contribution >= 0.6 is 0 Å². The number of amides is 2. The number of esters is 1. The molecule has 2 heterocycles. The van der Waals surface area contributed by atoms with Gasteiger partial charge in [0.1, 0.15) is 18.9 Å². The highest BCUT2D eigenvalue weighted by atomic mass is 16.6. The zero-order chi connectivity index (χ0) is 23.5. The van der Waals surface area contributed by atoms with Crippen LogP contribution in [0.1, 0.15) is 76.5 Å². The van der Waals surface area contributed by atoms with Gasteiger partial charge in [-0.15, -0.1) is 0 Å². The Labute approximate surface area is 186 Å². The Bertz CT molecular complexity index is 866. The molecule has 1 saturated heterocycles. The van der Waals surface area contributed by atoms with E-state index >= 15 is 0 Å². The lowest BCUT2D eigenvalue weighted by Gasteiger charge is -2.19. The number of aromatic amines is 1. The first-order valence-electron chi connectivity index (χ1n) is 11.2. The first-order chi connectivity index (χ1) is 15.3. The molecule has 1 fully saturated rings. The molecule has 0 unspecified atom stereocenters. The molecule has 0 saturated carbocycles. The van der Waals surface area contributed by atoms with E-state index in [1.54, 1.807) is 6.92 Å². The topological polar surface area (TPSA) is 152 Å². The lowest BCUT2D eigenvalue weighted by Crippen LogP contribution is -2.46. The fourth-order valence-electron chi connectivity index (χ4n) is 3.68. The molecule has 11 heteroatoms. The van der Waals surface area contributed by atoms with E-state index in [2.05, 4.69) is 17.2 Å². The van der Waals surface area contributed by atoms with Crippen LogP contribution in [-0.2, 0) is 14.3 Å². The van der Waals surface area contributed by atoms with Crippen molar-refractivity contribution in [2.75, 3.05) is 6.61 Å². The van der Waals surface area contributed by atoms with Gasteiger partial charge in [0.05, 0.1) is 6.04 Å². The van der Waals surface area contributed by atoms with E-state index in [9.17, 15) is 19.2 Å². The third-order valence-electron chi connectivity index (χ3n) is 5.50. The van der Waals surface area contributed by atoms with Crippen molar-refractivity contribution < 1.29 is 24.3 Å². The maximum atomic E-state index is 12.2. The Hall–Kier alpha value is -2.66. The maximum absolute atomic E-state index is 12.2. The summed E-state index contributed by atoms with van der Waals surface area (Å²) in [5.74, 6) is -0.354. The Kier molecular flexibility index (Phi) is 10.4. The van der Waals surface area contributed by atoms with Crippen LogP contribution in [0, 0.1) is 6.92 Å². The normalized spacial score (nSPS) is 20.2. The van der Waals surface area contributed by atoms with E-state index in [1.807, 2.05) is 0 Å². The summed E-state index contributed by atoms with van der Waals surface area (Å²) < 4.78 is 12.4. The van der Waals surface area contributed by atoms with Crippen LogP contribution in [0.2, 0.25) is 0 Å². The molecule has 0 aliphatic carbocycles. The average molecular weight is 455 g/mol. The highest BCUT2D eigenvalue weighted by Gasteiger charge is 2.38. The zero-order valence-electron chi connectivity index (χ0n) is 18.7. The minimum absolute atomic E-state index is 0.112. The van der Waals surface area contributed by atoms with Crippen molar-refractivity contribution in [3.8, 4) is 0 Å². The second-order valence-electron chi connectivity index (χ2n) is 8.09. The summed E-state index contributed by atoms with van der Waals surface area (Å²) in [5, 5.41) is 11.3. The van der Waals surface area contributed by atoms with Crippen molar-refractivity contribution in [3.63, 3.8) is 0 Å². The molecule has 2 rings (SSSR count). The molecular formula is C21H34N4O7. The molecule has 32 heavy (non-hydrogen) atoms. The Balaban J connectivity index is 1.89. The molecule has 180 valence electrons. The number of ether oxygens (including phenoxy) is 2. The predicted octanol–water partition coefficient (Wildman–Crippen LogP) is 1.87. The standard InChI is InChI=1S/C21H34N4O7/c1-3-4-5-6-7-8-9-10-18(26)31-13-16-15(22-20(28)24-30)11-17(32-16)25-12-14(2)19(27)23-21(25)29/h12,15-17,30H,3-11,13H2,1-2H3,(H2,22,24,28)(H,23,27,29)/t15-,16+,17+/m0/s1. The van der Waals surface area contributed by atoms with Gasteiger partial charge in [0.15, 0.2) is 0 Å². The second kappa shape index (κ2) is 13.0. The minimum Gasteiger partial charge on any atom is -0.463 e. The molecule has 2 amide bonds. The van der Waals surface area contributed by atoms with Crippen LogP contribution in [0.25, 0.3) is 0 Å². The number of urea groups is 1. The summed E-state index contributed by atoms with van der Waals surface area (Å²) in [4.78, 5) is 49.7. The van der Waals surface area contributed by atoms with Gasteiger partial charge in [-0.2, -0.15) is 0 Å². The quantitative estimate of drug-likeness (QED) is 0.163. The number of carbonyl (C=O) groups excluding carboxylic acids is 2. The highest BCUT2D eigenvalue weighted by Crippen LogP contribution is 2.28. The van der Waals surface area contributed by atoms with E-state index in [4.69, 9.17) is 14.7 Å². The maximum Gasteiger partial charge on any atom is 0.338 e. The van der Waals surface area contributed by atoms with E-state index in [-0.39, 0.29) is 19.0 Å². The number of hydroxylamine groups is 1. The van der Waals surface area contributed by atoms with Crippen LogP contribution < -0.4 is 22.0 Å². The van der Waals surface area contributed by atoms with E-state index in [0.29, 0.717) is 12.0 Å². The summed E-state index contributed by atoms with van der Waals surface area (Å²) in [6.45, 7) is 3.61. The number of hydrogen-bond donors (Lipinski definition) is 4. The van der Waals surface area contributed by atoms with Gasteiger partial charge < -0.3 is 14.8 Å². The molecule has 0 spiro atoms. The number of nitrogens with one attached hydrogen (secondary N) is 3. The number of aromatic nitrogens is 2. The fraction of sp³-hybridized carbons (Fsp3) is 0.714. The number of aryl methyl sites for hydroxylation is 1. The summed E-state index contributed by atoms with van der Waals surface area (Å²) in [5.41, 5.74) is 0.675. The third kappa shape index (κ3) is 7.79. The monoisotopic (exact) mass is 454 g/mol. The average Bonchev–Trinajstić information content (AvgIpc) is 3.16. The second-order valence-corrected chi connectivity index (χ2v) is 8.09. The number of nitrogens with zero attached hydrogens (tertiary/aromatic N) is 1. The smallest absolute Gasteiger partial charge is 0.338 e. The third-order valence-corrected chi connectivity index (χ3v) is 5.50. The molecule has 1 aromatic rings. The molecule has 4 N–H and O–H groups in total. The SMILES string of the molecule is CCCCCCCCCC(=O)OC[C@H]1O[C@@H](n2cc(C)c(=O)[nH]c2=O)C[C@@H]1NC(=O)NO. The van der Waals surface area contributed by atoms with Crippen molar-refractivity contribution in [1.29, 1.82) is 0 Å². The molecule has 11 nitrogen and oxygen atoms in total. The Morgan fingerprint density at radius 2 is 1.91 bits per heavy atom. The fourth-order valence-corrected chi connectivity index (χ4v) is 3.68. The predicted molar refractivity (Wildman–Crippen MR) is 115 cm³/mol. The number of rotatable bonds is 12. The number of unbranched alkanes of at least 4 members (excludes halogenated alkanes) is 6. The summed E-state index contributed by atoms with van der Waals surface area (Å²) in [7, 11) is 0. The van der Waals surface area contributed by atoms with Gasteiger partial charge in [-0.25, -0.2) is 15.1 Å². The lowest BCUT2D eigenvalue weighted by molar-refractivity contribution is -0.148. The van der Waals surface area contributed by atoms with Gasteiger partial charge in [0, 0.05) is 24.6 Å². The van der Waals surface area contributed by atoms with Crippen molar-refractivity contribution in [2.45, 2.75) is 90.0 Å². The number of H-pyrrole nitrogens is 1. The van der Waals surface area contributed by atoms with E-state index < -0.39 is 35.7 Å². The molecule has 1 aliphatic rings. The van der Waals surface area contributed by atoms with Gasteiger partial charge in [0.25, 0.3) is 5.56 Å². The summed E-state index contributed by atoms with van der Waals surface area (Å²) >= 11 is 0. The molecule has 3 atom stereocenters. The van der Waals surface area contributed by atoms with Gasteiger partial charge >= 0.3 is 17.7 Å². The van der Waals surface area contributed by atoms with Gasteiger partial charge in [0.2, 0.25) is 0 Å². The lowest BCUT2D eigenvalue weighted by atomic mass is 10.1. The van der Waals surface area contributed by atoms with Crippen LogP contribution in [0.4, 0.5) is 4.79 Å². The Morgan fingerprint density at radius 3 is 2.59 bits per heavy atom. The van der Waals surface area contributed by atoms with Gasteiger partial charge in [-0.3, -0.25) is 24.3 Å². The van der Waals surface area contributed by atoms with Crippen molar-refractivity contribution in [2.24, 2.45) is 0 Å². The largest absolute Gasteiger partial charge is 0.463 e. The van der Waals surface area contributed by atoms with Crippen molar-refractivity contribution in [3.05, 3.63) is 32.6 Å². The van der Waals surface area contributed by atoms with E-state index in [1.165, 1.54) is 41.9 Å². The van der Waals surface area contributed by atoms with Gasteiger partial charge in [-0.05, 0) is 13.3 Å². The van der Waals surface area contributed by atoms with Crippen LogP contribution in [-0.4, -0.2) is 45.5 Å². The molecule has 0 bridgehead atoms. The van der Waals surface area contributed by atoms with Crippen LogP contribution in [0.15, 0.2) is 15.8 Å². The first-order valence-corrected chi connectivity index (χ1v) is 11.2. The van der Waals surface area contributed by atoms with Crippen molar-refractivity contribution in [1.82, 2.24) is 20.3 Å². The molecule has 1 aliphatic heterocycles. The van der Waals surface area contributed by atoms with Crippen LogP contribution in [0.3, 0.4) is 0 Å². The van der Waals surface area contributed by atoms with Crippen LogP contribution in [0.5, 0.6) is 0 Å². The van der Waals surface area contributed by atoms with Gasteiger partial charge in [-0.1, -0.05) is 45.4 Å². The van der Waals surface area contributed by atoms with Crippen molar-refractivity contribution >= 4 is 12.0 Å². The molecular weight excluding hydrogens is 420 g/mol. The van der Waals surface area contributed by atoms with E-state index in [0.717, 1.165) is 19.3 Å². The minimum atomic E-state index is -0.844. The molecule has 1 aromatic heterocycles. The summed E-state index contributed by atoms with van der Waals surface area (Å²) in [6, 6.07) is -1.47. The first kappa shape index (κ1) is 25.6. The molecule has 0 radical (unpaired) electrons. The number of hydrogen-bond acceptors (Lipinski definition) is 7. The Morgan fingerprint density at radius 1 is 1.22 bits per heavy atom. The molecule has 0 aromatic carbocycles. The summed E-state index contributed by atoms with van der Waals surface area (Å²) in [6.07, 6.45) is 7.98. The zero-order valence-corrected chi connectivity index (χ0v) is 18.7. The number of carbonyl (C=O) groups is 2.